The Morgan fingerprint density at radius 1 is 1.04 bits per heavy atom. The summed E-state index contributed by atoms with van der Waals surface area (Å²) < 4.78 is 30.8. The van der Waals surface area contributed by atoms with Crippen LogP contribution in [0.1, 0.15) is 23.4 Å². The molecule has 0 saturated heterocycles. The lowest BCUT2D eigenvalue weighted by Gasteiger charge is -2.07. The molecule has 2 amide bonds. The van der Waals surface area contributed by atoms with Crippen molar-refractivity contribution in [2.75, 3.05) is 6.54 Å². The van der Waals surface area contributed by atoms with Crippen LogP contribution in [0.15, 0.2) is 58.0 Å². The monoisotopic (exact) mass is 336 g/mol. The first-order chi connectivity index (χ1) is 11.0. The lowest BCUT2D eigenvalue weighted by Crippen LogP contribution is -2.31. The van der Waals surface area contributed by atoms with E-state index in [0.29, 0.717) is 6.42 Å². The first kappa shape index (κ1) is 16.8. The molecule has 0 radical (unpaired) electrons. The first-order valence-corrected chi connectivity index (χ1v) is 8.40. The molecule has 0 atom stereocenters. The fourth-order valence-electron chi connectivity index (χ4n) is 1.81. The average Bonchev–Trinajstić information content (AvgIpc) is 3.06. The van der Waals surface area contributed by atoms with E-state index in [2.05, 4.69) is 5.32 Å². The Hall–Kier alpha value is -2.61. The summed E-state index contributed by atoms with van der Waals surface area (Å²) in [6.45, 7) is 0.234. The Bertz CT molecular complexity index is 754. The van der Waals surface area contributed by atoms with Gasteiger partial charge in [-0.25, -0.2) is 13.1 Å². The SMILES string of the molecule is O=C(CCCNC(=O)c1ccco1)NS(=O)(=O)c1ccccc1. The standard InChI is InChI=1S/C15H16N2O5S/c18-14(17-23(20,21)12-6-2-1-3-7-12)9-4-10-16-15(19)13-8-5-11-22-13/h1-3,5-8,11H,4,9-10H2,(H,16,19)(H,17,18). The van der Waals surface area contributed by atoms with E-state index in [1.807, 2.05) is 4.72 Å². The van der Waals surface area contributed by atoms with Gasteiger partial charge in [0.1, 0.15) is 0 Å². The number of rotatable bonds is 7. The van der Waals surface area contributed by atoms with Crippen molar-refractivity contribution in [1.29, 1.82) is 0 Å². The maximum Gasteiger partial charge on any atom is 0.286 e. The third kappa shape index (κ3) is 4.96. The number of carbonyl (C=O) groups is 2. The minimum Gasteiger partial charge on any atom is -0.459 e. The third-order valence-corrected chi connectivity index (χ3v) is 4.30. The van der Waals surface area contributed by atoms with E-state index in [9.17, 15) is 18.0 Å². The third-order valence-electron chi connectivity index (χ3n) is 2.91. The van der Waals surface area contributed by atoms with Gasteiger partial charge in [0.2, 0.25) is 5.91 Å². The van der Waals surface area contributed by atoms with E-state index >= 15 is 0 Å². The van der Waals surface area contributed by atoms with E-state index in [0.717, 1.165) is 0 Å². The van der Waals surface area contributed by atoms with Gasteiger partial charge in [-0.2, -0.15) is 0 Å². The minimum absolute atomic E-state index is 0.0233. The largest absolute Gasteiger partial charge is 0.459 e. The molecule has 2 rings (SSSR count). The maximum absolute atomic E-state index is 11.9. The number of nitrogens with one attached hydrogen (secondary N) is 2. The van der Waals surface area contributed by atoms with E-state index in [1.165, 1.54) is 24.5 Å². The molecule has 0 saturated carbocycles. The fourth-order valence-corrected chi connectivity index (χ4v) is 2.84. The van der Waals surface area contributed by atoms with Gasteiger partial charge >= 0.3 is 0 Å². The molecule has 0 fully saturated rings. The Morgan fingerprint density at radius 2 is 1.78 bits per heavy atom. The van der Waals surface area contributed by atoms with Crippen molar-refractivity contribution in [1.82, 2.24) is 10.0 Å². The average molecular weight is 336 g/mol. The number of sulfonamides is 1. The second kappa shape index (κ2) is 7.59. The van der Waals surface area contributed by atoms with Crippen LogP contribution in [0.4, 0.5) is 0 Å². The molecular formula is C15H16N2O5S. The van der Waals surface area contributed by atoms with Crippen LogP contribution in [-0.2, 0) is 14.8 Å². The predicted molar refractivity (Wildman–Crippen MR) is 82.0 cm³/mol. The molecule has 0 aliphatic carbocycles. The van der Waals surface area contributed by atoms with Crippen molar-refractivity contribution < 1.29 is 22.4 Å². The van der Waals surface area contributed by atoms with Gasteiger partial charge in [0.15, 0.2) is 5.76 Å². The lowest BCUT2D eigenvalue weighted by atomic mass is 10.3. The van der Waals surface area contributed by atoms with Crippen LogP contribution in [0.25, 0.3) is 0 Å². The Balaban J connectivity index is 1.74. The summed E-state index contributed by atoms with van der Waals surface area (Å²) in [4.78, 5) is 23.3. The molecule has 0 spiro atoms. The second-order valence-electron chi connectivity index (χ2n) is 4.68. The molecular weight excluding hydrogens is 320 g/mol. The van der Waals surface area contributed by atoms with Gasteiger partial charge in [-0.05, 0) is 30.7 Å². The summed E-state index contributed by atoms with van der Waals surface area (Å²) in [6.07, 6.45) is 1.67. The normalized spacial score (nSPS) is 11.0. The van der Waals surface area contributed by atoms with Crippen molar-refractivity contribution >= 4 is 21.8 Å². The van der Waals surface area contributed by atoms with Crippen LogP contribution in [0.3, 0.4) is 0 Å². The number of carbonyl (C=O) groups excluding carboxylic acids is 2. The van der Waals surface area contributed by atoms with Crippen molar-refractivity contribution in [3.63, 3.8) is 0 Å². The summed E-state index contributed by atoms with van der Waals surface area (Å²) in [5.41, 5.74) is 0. The molecule has 1 aromatic carbocycles. The van der Waals surface area contributed by atoms with Gasteiger partial charge in [-0.1, -0.05) is 18.2 Å². The molecule has 23 heavy (non-hydrogen) atoms. The molecule has 0 unspecified atom stereocenters. The summed E-state index contributed by atoms with van der Waals surface area (Å²) in [5.74, 6) is -0.825. The highest BCUT2D eigenvalue weighted by Crippen LogP contribution is 2.07. The highest BCUT2D eigenvalue weighted by Gasteiger charge is 2.16. The number of furan rings is 1. The molecule has 1 heterocycles. The van der Waals surface area contributed by atoms with Gasteiger partial charge in [-0.3, -0.25) is 9.59 Å². The number of hydrogen-bond donors (Lipinski definition) is 2. The molecule has 8 heteroatoms. The van der Waals surface area contributed by atoms with E-state index in [1.54, 1.807) is 24.3 Å². The number of amides is 2. The summed E-state index contributed by atoms with van der Waals surface area (Å²) in [7, 11) is -3.85. The van der Waals surface area contributed by atoms with Gasteiger partial charge < -0.3 is 9.73 Å². The maximum atomic E-state index is 11.9. The van der Waals surface area contributed by atoms with Crippen LogP contribution < -0.4 is 10.0 Å². The van der Waals surface area contributed by atoms with E-state index < -0.39 is 15.9 Å². The Labute approximate surface area is 133 Å². The smallest absolute Gasteiger partial charge is 0.286 e. The van der Waals surface area contributed by atoms with Gasteiger partial charge in [0, 0.05) is 13.0 Å². The molecule has 0 bridgehead atoms. The topological polar surface area (TPSA) is 105 Å². The van der Waals surface area contributed by atoms with Gasteiger partial charge in [0.25, 0.3) is 15.9 Å². The van der Waals surface area contributed by atoms with Crippen molar-refractivity contribution in [2.45, 2.75) is 17.7 Å². The molecule has 2 aromatic rings. The highest BCUT2D eigenvalue weighted by molar-refractivity contribution is 7.90. The molecule has 0 aliphatic rings. The summed E-state index contributed by atoms with van der Waals surface area (Å²) in [6, 6.07) is 10.7. The molecule has 2 N–H and O–H groups in total. The zero-order valence-corrected chi connectivity index (χ0v) is 13.0. The van der Waals surface area contributed by atoms with Crippen molar-refractivity contribution in [3.05, 3.63) is 54.5 Å². The number of benzene rings is 1. The van der Waals surface area contributed by atoms with Crippen molar-refractivity contribution in [2.24, 2.45) is 0 Å². The van der Waals surface area contributed by atoms with Gasteiger partial charge in [-0.15, -0.1) is 0 Å². The summed E-state index contributed by atoms with van der Waals surface area (Å²) >= 11 is 0. The van der Waals surface area contributed by atoms with Gasteiger partial charge in [0.05, 0.1) is 11.2 Å². The molecule has 0 aliphatic heterocycles. The van der Waals surface area contributed by atoms with Crippen LogP contribution in [0.5, 0.6) is 0 Å². The lowest BCUT2D eigenvalue weighted by molar-refractivity contribution is -0.119. The Morgan fingerprint density at radius 3 is 2.43 bits per heavy atom. The van der Waals surface area contributed by atoms with Crippen LogP contribution >= 0.6 is 0 Å². The van der Waals surface area contributed by atoms with Crippen molar-refractivity contribution in [3.8, 4) is 0 Å². The predicted octanol–water partition coefficient (Wildman–Crippen LogP) is 1.29. The summed E-state index contributed by atoms with van der Waals surface area (Å²) in [5, 5.41) is 2.57. The molecule has 1 aromatic heterocycles. The first-order valence-electron chi connectivity index (χ1n) is 6.91. The molecule has 122 valence electrons. The zero-order valence-electron chi connectivity index (χ0n) is 12.2. The molecule has 7 nitrogen and oxygen atoms in total. The van der Waals surface area contributed by atoms with E-state index in [-0.39, 0.29) is 29.5 Å². The Kier molecular flexibility index (Phi) is 5.53. The van der Waals surface area contributed by atoms with Crippen LogP contribution in [0, 0.1) is 0 Å². The second-order valence-corrected chi connectivity index (χ2v) is 6.36. The minimum atomic E-state index is -3.85. The highest BCUT2D eigenvalue weighted by atomic mass is 32.2. The quantitative estimate of drug-likeness (QED) is 0.741. The zero-order chi connectivity index (χ0) is 16.7. The van der Waals surface area contributed by atoms with E-state index in [4.69, 9.17) is 4.42 Å². The fraction of sp³-hybridized carbons (Fsp3) is 0.200. The van der Waals surface area contributed by atoms with Crippen LogP contribution in [0.2, 0.25) is 0 Å². The van der Waals surface area contributed by atoms with Crippen LogP contribution in [-0.4, -0.2) is 26.8 Å². The number of hydrogen-bond acceptors (Lipinski definition) is 5.